The zero-order chi connectivity index (χ0) is 13.0. The third-order valence-corrected chi connectivity index (χ3v) is 3.19. The fourth-order valence-electron chi connectivity index (χ4n) is 2.19. The van der Waals surface area contributed by atoms with E-state index in [1.54, 1.807) is 0 Å². The summed E-state index contributed by atoms with van der Waals surface area (Å²) in [7, 11) is 0. The molecule has 18 heavy (non-hydrogen) atoms. The van der Waals surface area contributed by atoms with E-state index < -0.39 is 0 Å². The highest BCUT2D eigenvalue weighted by Crippen LogP contribution is 2.31. The van der Waals surface area contributed by atoms with Crippen LogP contribution in [0.5, 0.6) is 0 Å². The van der Waals surface area contributed by atoms with Crippen LogP contribution in [0.15, 0.2) is 18.2 Å². The summed E-state index contributed by atoms with van der Waals surface area (Å²) in [5, 5.41) is 3.34. The molecule has 0 radical (unpaired) electrons. The van der Waals surface area contributed by atoms with Crippen LogP contribution in [0.1, 0.15) is 39.3 Å². The summed E-state index contributed by atoms with van der Waals surface area (Å²) in [5.74, 6) is 1.84. The number of hydrogen-bond acceptors (Lipinski definition) is 3. The molecule has 2 rings (SSSR count). The molecule has 0 saturated heterocycles. The van der Waals surface area contributed by atoms with Gasteiger partial charge in [0, 0.05) is 19.1 Å². The molecular formula is C15H25N3. The van der Waals surface area contributed by atoms with Gasteiger partial charge in [0.15, 0.2) is 0 Å². The standard InChI is InChI=1S/C15H25N3/c1-4-16-10-13-6-5-7-15(17-13)18(11-12(2)3)14-8-9-14/h5-7,12,14,16H,4,8-11H2,1-3H3. The Labute approximate surface area is 111 Å². The van der Waals surface area contributed by atoms with Crippen LogP contribution < -0.4 is 10.2 Å². The molecule has 1 aromatic heterocycles. The Morgan fingerprint density at radius 1 is 1.39 bits per heavy atom. The highest BCUT2D eigenvalue weighted by Gasteiger charge is 2.30. The second kappa shape index (κ2) is 6.19. The summed E-state index contributed by atoms with van der Waals surface area (Å²) >= 11 is 0. The number of nitrogens with one attached hydrogen (secondary N) is 1. The predicted octanol–water partition coefficient (Wildman–Crippen LogP) is 2.82. The monoisotopic (exact) mass is 247 g/mol. The minimum Gasteiger partial charge on any atom is -0.353 e. The molecule has 0 aliphatic heterocycles. The van der Waals surface area contributed by atoms with Crippen LogP contribution in [-0.4, -0.2) is 24.1 Å². The van der Waals surface area contributed by atoms with Gasteiger partial charge in [0.25, 0.3) is 0 Å². The summed E-state index contributed by atoms with van der Waals surface area (Å²) < 4.78 is 0. The zero-order valence-corrected chi connectivity index (χ0v) is 11.8. The molecule has 0 spiro atoms. The first-order valence-corrected chi connectivity index (χ1v) is 7.14. The first kappa shape index (κ1) is 13.3. The van der Waals surface area contributed by atoms with E-state index >= 15 is 0 Å². The van der Waals surface area contributed by atoms with E-state index in [-0.39, 0.29) is 0 Å². The van der Waals surface area contributed by atoms with E-state index in [2.05, 4.69) is 49.2 Å². The van der Waals surface area contributed by atoms with Gasteiger partial charge in [-0.05, 0) is 37.4 Å². The Kier molecular flexibility index (Phi) is 4.59. The highest BCUT2D eigenvalue weighted by atomic mass is 15.2. The molecule has 100 valence electrons. The molecule has 0 bridgehead atoms. The van der Waals surface area contributed by atoms with E-state index in [4.69, 9.17) is 4.98 Å². The van der Waals surface area contributed by atoms with Crippen molar-refractivity contribution in [2.24, 2.45) is 5.92 Å². The molecule has 1 aromatic rings. The van der Waals surface area contributed by atoms with E-state index in [1.165, 1.54) is 12.8 Å². The fraction of sp³-hybridized carbons (Fsp3) is 0.667. The minimum absolute atomic E-state index is 0.685. The molecule has 1 heterocycles. The maximum atomic E-state index is 4.79. The number of pyridine rings is 1. The first-order valence-electron chi connectivity index (χ1n) is 7.14. The highest BCUT2D eigenvalue weighted by molar-refractivity contribution is 5.42. The Morgan fingerprint density at radius 3 is 2.78 bits per heavy atom. The lowest BCUT2D eigenvalue weighted by atomic mass is 10.2. The lowest BCUT2D eigenvalue weighted by Crippen LogP contribution is -2.30. The summed E-state index contributed by atoms with van der Waals surface area (Å²) in [4.78, 5) is 7.27. The molecule has 1 aliphatic carbocycles. The molecule has 1 fully saturated rings. The molecule has 1 saturated carbocycles. The Morgan fingerprint density at radius 2 is 2.17 bits per heavy atom. The van der Waals surface area contributed by atoms with Crippen LogP contribution in [0, 0.1) is 5.92 Å². The number of rotatable bonds is 7. The number of hydrogen-bond donors (Lipinski definition) is 1. The number of anilines is 1. The Balaban J connectivity index is 2.08. The Bertz CT molecular complexity index is 372. The third-order valence-electron chi connectivity index (χ3n) is 3.19. The smallest absolute Gasteiger partial charge is 0.129 e. The topological polar surface area (TPSA) is 28.2 Å². The van der Waals surface area contributed by atoms with Crippen molar-refractivity contribution in [1.82, 2.24) is 10.3 Å². The van der Waals surface area contributed by atoms with Crippen molar-refractivity contribution in [3.63, 3.8) is 0 Å². The van der Waals surface area contributed by atoms with Crippen molar-refractivity contribution in [2.45, 2.75) is 46.2 Å². The van der Waals surface area contributed by atoms with Gasteiger partial charge in [-0.15, -0.1) is 0 Å². The van der Waals surface area contributed by atoms with E-state index in [0.29, 0.717) is 5.92 Å². The fourth-order valence-corrected chi connectivity index (χ4v) is 2.19. The SMILES string of the molecule is CCNCc1cccc(N(CC(C)C)C2CC2)n1. The quantitative estimate of drug-likeness (QED) is 0.803. The van der Waals surface area contributed by atoms with Gasteiger partial charge in [0.1, 0.15) is 5.82 Å². The molecule has 0 amide bonds. The van der Waals surface area contributed by atoms with Gasteiger partial charge in [-0.3, -0.25) is 0 Å². The maximum Gasteiger partial charge on any atom is 0.129 e. The van der Waals surface area contributed by atoms with E-state index in [9.17, 15) is 0 Å². The van der Waals surface area contributed by atoms with Gasteiger partial charge in [0.2, 0.25) is 0 Å². The van der Waals surface area contributed by atoms with Crippen molar-refractivity contribution < 1.29 is 0 Å². The van der Waals surface area contributed by atoms with Gasteiger partial charge in [-0.2, -0.15) is 0 Å². The van der Waals surface area contributed by atoms with Crippen molar-refractivity contribution in [3.8, 4) is 0 Å². The molecule has 1 aliphatic rings. The van der Waals surface area contributed by atoms with Crippen LogP contribution in [0.25, 0.3) is 0 Å². The number of nitrogens with zero attached hydrogens (tertiary/aromatic N) is 2. The van der Waals surface area contributed by atoms with Gasteiger partial charge >= 0.3 is 0 Å². The third kappa shape index (κ3) is 3.70. The van der Waals surface area contributed by atoms with Crippen molar-refractivity contribution in [2.75, 3.05) is 18.0 Å². The largest absolute Gasteiger partial charge is 0.353 e. The lowest BCUT2D eigenvalue weighted by Gasteiger charge is -2.26. The van der Waals surface area contributed by atoms with Gasteiger partial charge in [-0.25, -0.2) is 4.98 Å². The average Bonchev–Trinajstić information content (AvgIpc) is 3.18. The predicted molar refractivity (Wildman–Crippen MR) is 76.8 cm³/mol. The van der Waals surface area contributed by atoms with Crippen LogP contribution >= 0.6 is 0 Å². The van der Waals surface area contributed by atoms with Gasteiger partial charge < -0.3 is 10.2 Å². The summed E-state index contributed by atoms with van der Waals surface area (Å²) in [5.41, 5.74) is 1.14. The van der Waals surface area contributed by atoms with Crippen LogP contribution in [0.3, 0.4) is 0 Å². The van der Waals surface area contributed by atoms with Gasteiger partial charge in [-0.1, -0.05) is 26.8 Å². The molecule has 0 unspecified atom stereocenters. The minimum atomic E-state index is 0.685. The Hall–Kier alpha value is -1.09. The summed E-state index contributed by atoms with van der Waals surface area (Å²) in [6, 6.07) is 7.11. The van der Waals surface area contributed by atoms with Crippen molar-refractivity contribution in [1.29, 1.82) is 0 Å². The normalized spacial score (nSPS) is 15.1. The van der Waals surface area contributed by atoms with Gasteiger partial charge in [0.05, 0.1) is 5.69 Å². The summed E-state index contributed by atoms with van der Waals surface area (Å²) in [6.45, 7) is 9.64. The van der Waals surface area contributed by atoms with Crippen LogP contribution in [0.4, 0.5) is 5.82 Å². The number of aromatic nitrogens is 1. The molecule has 1 N–H and O–H groups in total. The van der Waals surface area contributed by atoms with E-state index in [0.717, 1.165) is 37.2 Å². The first-order chi connectivity index (χ1) is 8.70. The molecule has 3 heteroatoms. The molecule has 0 atom stereocenters. The average molecular weight is 247 g/mol. The van der Waals surface area contributed by atoms with Crippen LogP contribution in [0.2, 0.25) is 0 Å². The molecular weight excluding hydrogens is 222 g/mol. The zero-order valence-electron chi connectivity index (χ0n) is 11.8. The molecule has 0 aromatic carbocycles. The molecule has 3 nitrogen and oxygen atoms in total. The second-order valence-electron chi connectivity index (χ2n) is 5.54. The summed E-state index contributed by atoms with van der Waals surface area (Å²) in [6.07, 6.45) is 2.65. The van der Waals surface area contributed by atoms with Crippen molar-refractivity contribution in [3.05, 3.63) is 23.9 Å². The van der Waals surface area contributed by atoms with E-state index in [1.807, 2.05) is 0 Å². The van der Waals surface area contributed by atoms with Crippen LogP contribution in [-0.2, 0) is 6.54 Å². The lowest BCUT2D eigenvalue weighted by molar-refractivity contribution is 0.601. The van der Waals surface area contributed by atoms with Crippen molar-refractivity contribution >= 4 is 5.82 Å². The second-order valence-corrected chi connectivity index (χ2v) is 5.54. The maximum absolute atomic E-state index is 4.79.